The van der Waals surface area contributed by atoms with Gasteiger partial charge in [-0.25, -0.2) is 9.78 Å². The highest BCUT2D eigenvalue weighted by Gasteiger charge is 2.15. The number of rotatable bonds is 5. The number of hydrogen-bond acceptors (Lipinski definition) is 2. The third-order valence-corrected chi connectivity index (χ3v) is 3.62. The standard InChI is InChI=1S/C20H19N3O/c24-20(22-19-13-7-8-14-21-19)23(15-17-9-3-1-4-10-17)16-18-11-5-2-6-12-18/h1-14H,15-16H2,(H,21,22,24). The summed E-state index contributed by atoms with van der Waals surface area (Å²) in [6, 6.07) is 25.2. The van der Waals surface area contributed by atoms with Crippen LogP contribution in [0.15, 0.2) is 85.1 Å². The van der Waals surface area contributed by atoms with Crippen molar-refractivity contribution in [3.05, 3.63) is 96.2 Å². The van der Waals surface area contributed by atoms with E-state index in [1.54, 1.807) is 17.2 Å². The molecule has 0 aliphatic heterocycles. The molecule has 4 heteroatoms. The largest absolute Gasteiger partial charge is 0.323 e. The second-order valence-electron chi connectivity index (χ2n) is 5.47. The van der Waals surface area contributed by atoms with Crippen LogP contribution in [0, 0.1) is 0 Å². The smallest absolute Gasteiger partial charge is 0.316 e. The number of carbonyl (C=O) groups excluding carboxylic acids is 1. The average Bonchev–Trinajstić information content (AvgIpc) is 2.64. The van der Waals surface area contributed by atoms with Crippen molar-refractivity contribution >= 4 is 11.8 Å². The van der Waals surface area contributed by atoms with E-state index >= 15 is 0 Å². The maximum Gasteiger partial charge on any atom is 0.323 e. The van der Waals surface area contributed by atoms with E-state index in [0.717, 1.165) is 11.1 Å². The predicted octanol–water partition coefficient (Wildman–Crippen LogP) is 4.32. The van der Waals surface area contributed by atoms with E-state index in [1.807, 2.05) is 72.8 Å². The van der Waals surface area contributed by atoms with Crippen molar-refractivity contribution in [2.75, 3.05) is 5.32 Å². The Labute approximate surface area is 141 Å². The summed E-state index contributed by atoms with van der Waals surface area (Å²) in [7, 11) is 0. The van der Waals surface area contributed by atoms with Crippen molar-refractivity contribution in [2.24, 2.45) is 0 Å². The van der Waals surface area contributed by atoms with Crippen LogP contribution < -0.4 is 5.32 Å². The SMILES string of the molecule is O=C(Nc1ccccn1)N(Cc1ccccc1)Cc1ccccc1. The van der Waals surface area contributed by atoms with Crippen LogP contribution in [0.3, 0.4) is 0 Å². The van der Waals surface area contributed by atoms with Crippen LogP contribution in [-0.2, 0) is 13.1 Å². The molecule has 120 valence electrons. The quantitative estimate of drug-likeness (QED) is 0.762. The Bertz CT molecular complexity index is 719. The number of benzene rings is 2. The molecule has 24 heavy (non-hydrogen) atoms. The van der Waals surface area contributed by atoms with Gasteiger partial charge < -0.3 is 4.90 Å². The Morgan fingerprint density at radius 1 is 0.792 bits per heavy atom. The molecule has 0 unspecified atom stereocenters. The van der Waals surface area contributed by atoms with Gasteiger partial charge in [0.1, 0.15) is 5.82 Å². The molecule has 0 aliphatic rings. The lowest BCUT2D eigenvalue weighted by molar-refractivity contribution is 0.206. The second-order valence-corrected chi connectivity index (χ2v) is 5.47. The zero-order valence-electron chi connectivity index (χ0n) is 13.3. The summed E-state index contributed by atoms with van der Waals surface area (Å²) < 4.78 is 0. The van der Waals surface area contributed by atoms with Crippen molar-refractivity contribution in [1.82, 2.24) is 9.88 Å². The van der Waals surface area contributed by atoms with Gasteiger partial charge in [0.15, 0.2) is 0 Å². The minimum atomic E-state index is -0.165. The fraction of sp³-hybridized carbons (Fsp3) is 0.100. The summed E-state index contributed by atoms with van der Waals surface area (Å²) in [6.07, 6.45) is 1.66. The van der Waals surface area contributed by atoms with E-state index in [2.05, 4.69) is 10.3 Å². The first kappa shape index (κ1) is 15.7. The number of hydrogen-bond donors (Lipinski definition) is 1. The molecule has 3 rings (SSSR count). The molecule has 0 fully saturated rings. The number of pyridine rings is 1. The summed E-state index contributed by atoms with van der Waals surface area (Å²) in [5.41, 5.74) is 2.18. The van der Waals surface area contributed by atoms with Gasteiger partial charge >= 0.3 is 6.03 Å². The second kappa shape index (κ2) is 7.92. The molecule has 1 N–H and O–H groups in total. The van der Waals surface area contributed by atoms with Crippen molar-refractivity contribution in [1.29, 1.82) is 0 Å². The summed E-state index contributed by atoms with van der Waals surface area (Å²) in [6.45, 7) is 1.07. The summed E-state index contributed by atoms with van der Waals surface area (Å²) in [5, 5.41) is 2.86. The number of amides is 2. The van der Waals surface area contributed by atoms with Gasteiger partial charge in [0.2, 0.25) is 0 Å². The first-order chi connectivity index (χ1) is 11.8. The highest BCUT2D eigenvalue weighted by atomic mass is 16.2. The fourth-order valence-corrected chi connectivity index (χ4v) is 2.43. The Hall–Kier alpha value is -3.14. The number of urea groups is 1. The molecule has 1 heterocycles. The van der Waals surface area contributed by atoms with Gasteiger partial charge in [-0.3, -0.25) is 5.32 Å². The molecule has 1 aromatic heterocycles. The third kappa shape index (κ3) is 4.43. The van der Waals surface area contributed by atoms with Gasteiger partial charge in [-0.1, -0.05) is 66.7 Å². The lowest BCUT2D eigenvalue weighted by Gasteiger charge is -2.23. The molecule has 0 bridgehead atoms. The van der Waals surface area contributed by atoms with E-state index in [-0.39, 0.29) is 6.03 Å². The number of aromatic nitrogens is 1. The summed E-state index contributed by atoms with van der Waals surface area (Å²) in [4.78, 5) is 18.6. The monoisotopic (exact) mass is 317 g/mol. The van der Waals surface area contributed by atoms with E-state index in [4.69, 9.17) is 0 Å². The molecule has 4 nitrogen and oxygen atoms in total. The van der Waals surface area contributed by atoms with E-state index in [1.165, 1.54) is 0 Å². The van der Waals surface area contributed by atoms with Crippen molar-refractivity contribution < 1.29 is 4.79 Å². The zero-order valence-corrected chi connectivity index (χ0v) is 13.3. The van der Waals surface area contributed by atoms with Crippen molar-refractivity contribution in [3.63, 3.8) is 0 Å². The van der Waals surface area contributed by atoms with E-state index < -0.39 is 0 Å². The summed E-state index contributed by atoms with van der Waals surface area (Å²) in [5.74, 6) is 0.550. The van der Waals surface area contributed by atoms with Gasteiger partial charge in [0, 0.05) is 19.3 Å². The molecular formula is C20H19N3O. The predicted molar refractivity (Wildman–Crippen MR) is 95.4 cm³/mol. The number of anilines is 1. The molecule has 0 radical (unpaired) electrons. The Kier molecular flexibility index (Phi) is 5.20. The normalized spacial score (nSPS) is 10.2. The van der Waals surface area contributed by atoms with Crippen LogP contribution in [0.1, 0.15) is 11.1 Å². The maximum absolute atomic E-state index is 12.7. The molecule has 3 aromatic rings. The van der Waals surface area contributed by atoms with E-state index in [0.29, 0.717) is 18.9 Å². The number of carbonyl (C=O) groups is 1. The first-order valence-corrected chi connectivity index (χ1v) is 7.86. The number of nitrogens with one attached hydrogen (secondary N) is 1. The van der Waals surface area contributed by atoms with Crippen LogP contribution >= 0.6 is 0 Å². The zero-order chi connectivity index (χ0) is 16.6. The molecule has 0 spiro atoms. The fourth-order valence-electron chi connectivity index (χ4n) is 2.43. The average molecular weight is 317 g/mol. The number of nitrogens with zero attached hydrogens (tertiary/aromatic N) is 2. The van der Waals surface area contributed by atoms with Gasteiger partial charge in [0.25, 0.3) is 0 Å². The first-order valence-electron chi connectivity index (χ1n) is 7.86. The minimum absolute atomic E-state index is 0.165. The maximum atomic E-state index is 12.7. The Balaban J connectivity index is 1.76. The lowest BCUT2D eigenvalue weighted by Crippen LogP contribution is -2.34. The van der Waals surface area contributed by atoms with Gasteiger partial charge in [-0.05, 0) is 23.3 Å². The topological polar surface area (TPSA) is 45.2 Å². The molecular weight excluding hydrogens is 298 g/mol. The van der Waals surface area contributed by atoms with Crippen molar-refractivity contribution in [3.8, 4) is 0 Å². The van der Waals surface area contributed by atoms with Crippen LogP contribution in [0.5, 0.6) is 0 Å². The van der Waals surface area contributed by atoms with Crippen LogP contribution in [0.4, 0.5) is 10.6 Å². The highest BCUT2D eigenvalue weighted by Crippen LogP contribution is 2.12. The van der Waals surface area contributed by atoms with Crippen LogP contribution in [0.25, 0.3) is 0 Å². The molecule has 0 saturated carbocycles. The molecule has 0 atom stereocenters. The Morgan fingerprint density at radius 2 is 1.33 bits per heavy atom. The lowest BCUT2D eigenvalue weighted by atomic mass is 10.2. The van der Waals surface area contributed by atoms with Crippen LogP contribution in [0.2, 0.25) is 0 Å². The van der Waals surface area contributed by atoms with Crippen LogP contribution in [-0.4, -0.2) is 15.9 Å². The van der Waals surface area contributed by atoms with Gasteiger partial charge in [-0.15, -0.1) is 0 Å². The highest BCUT2D eigenvalue weighted by molar-refractivity contribution is 5.88. The molecule has 2 aromatic carbocycles. The van der Waals surface area contributed by atoms with Crippen molar-refractivity contribution in [2.45, 2.75) is 13.1 Å². The minimum Gasteiger partial charge on any atom is -0.316 e. The third-order valence-electron chi connectivity index (χ3n) is 3.62. The van der Waals surface area contributed by atoms with Gasteiger partial charge in [0.05, 0.1) is 0 Å². The molecule has 0 saturated heterocycles. The Morgan fingerprint density at radius 3 is 1.83 bits per heavy atom. The van der Waals surface area contributed by atoms with E-state index in [9.17, 15) is 4.79 Å². The molecule has 0 aliphatic carbocycles. The summed E-state index contributed by atoms with van der Waals surface area (Å²) >= 11 is 0. The van der Waals surface area contributed by atoms with Gasteiger partial charge in [-0.2, -0.15) is 0 Å². The molecule has 2 amide bonds.